The fourth-order valence-electron chi connectivity index (χ4n) is 2.84. The molecular weight excluding hydrogens is 404 g/mol. The van der Waals surface area contributed by atoms with Crippen LogP contribution in [0.15, 0.2) is 71.3 Å². The van der Waals surface area contributed by atoms with Crippen LogP contribution in [0.5, 0.6) is 5.75 Å². The summed E-state index contributed by atoms with van der Waals surface area (Å²) in [5.74, 6) is 0.800. The van der Waals surface area contributed by atoms with Crippen molar-refractivity contribution in [1.82, 2.24) is 4.98 Å². The molecule has 1 amide bonds. The lowest BCUT2D eigenvalue weighted by atomic mass is 10.1. The summed E-state index contributed by atoms with van der Waals surface area (Å²) in [6.45, 7) is 2.41. The molecule has 1 heterocycles. The van der Waals surface area contributed by atoms with E-state index >= 15 is 0 Å². The van der Waals surface area contributed by atoms with Crippen LogP contribution in [0.4, 0.5) is 5.69 Å². The number of ether oxygens (including phenoxy) is 1. The van der Waals surface area contributed by atoms with E-state index in [0.29, 0.717) is 13.0 Å². The Hall–Kier alpha value is -2.66. The van der Waals surface area contributed by atoms with Crippen LogP contribution in [0.3, 0.4) is 0 Å². The molecule has 0 aliphatic rings. The summed E-state index contributed by atoms with van der Waals surface area (Å²) in [5, 5.41) is 0. The average Bonchev–Trinajstić information content (AvgIpc) is 2.69. The molecule has 0 N–H and O–H groups in total. The van der Waals surface area contributed by atoms with Gasteiger partial charge in [0.15, 0.2) is 0 Å². The molecule has 0 saturated carbocycles. The van der Waals surface area contributed by atoms with Crippen molar-refractivity contribution in [2.24, 2.45) is 0 Å². The van der Waals surface area contributed by atoms with Gasteiger partial charge in [-0.15, -0.1) is 0 Å². The zero-order chi connectivity index (χ0) is 19.2. The number of aryl methyl sites for hydroxylation is 1. The highest BCUT2D eigenvalue weighted by Crippen LogP contribution is 2.23. The molecule has 138 valence electrons. The molecule has 5 heteroatoms. The fourth-order valence-corrected chi connectivity index (χ4v) is 3.11. The molecule has 0 unspecified atom stereocenters. The van der Waals surface area contributed by atoms with Crippen LogP contribution in [-0.2, 0) is 17.8 Å². The number of pyridine rings is 1. The summed E-state index contributed by atoms with van der Waals surface area (Å²) < 4.78 is 6.35. The number of anilines is 1. The number of aromatic nitrogens is 1. The maximum atomic E-state index is 13.1. The highest BCUT2D eigenvalue weighted by molar-refractivity contribution is 9.10. The molecule has 3 aromatic rings. The van der Waals surface area contributed by atoms with Crippen LogP contribution in [0, 0.1) is 6.92 Å². The molecule has 4 nitrogen and oxygen atoms in total. The number of carbonyl (C=O) groups excluding carboxylic acids is 1. The van der Waals surface area contributed by atoms with Crippen LogP contribution < -0.4 is 9.64 Å². The Morgan fingerprint density at radius 1 is 1.11 bits per heavy atom. The quantitative estimate of drug-likeness (QED) is 0.562. The molecule has 0 spiro atoms. The molecule has 0 saturated heterocycles. The minimum absolute atomic E-state index is 0.00822. The van der Waals surface area contributed by atoms with Gasteiger partial charge in [0, 0.05) is 16.4 Å². The normalized spacial score (nSPS) is 10.5. The Labute approximate surface area is 167 Å². The summed E-state index contributed by atoms with van der Waals surface area (Å²) >= 11 is 3.45. The minimum atomic E-state index is 0.00822. The number of benzene rings is 2. The van der Waals surface area contributed by atoms with Crippen molar-refractivity contribution >= 4 is 27.5 Å². The van der Waals surface area contributed by atoms with Gasteiger partial charge in [-0.3, -0.25) is 9.78 Å². The van der Waals surface area contributed by atoms with Crippen molar-refractivity contribution in [3.63, 3.8) is 0 Å². The lowest BCUT2D eigenvalue weighted by Crippen LogP contribution is -2.32. The van der Waals surface area contributed by atoms with Crippen molar-refractivity contribution in [3.05, 3.63) is 88.2 Å². The number of methoxy groups -OCH3 is 1. The monoisotopic (exact) mass is 424 g/mol. The molecule has 3 rings (SSSR count). The van der Waals surface area contributed by atoms with E-state index in [1.807, 2.05) is 67.6 Å². The third-order valence-electron chi connectivity index (χ3n) is 4.31. The number of carbonyl (C=O) groups is 1. The summed E-state index contributed by atoms with van der Waals surface area (Å²) in [6, 6.07) is 19.3. The molecule has 0 aliphatic heterocycles. The fraction of sp³-hybridized carbons (Fsp3) is 0.182. The van der Waals surface area contributed by atoms with Crippen LogP contribution in [0.1, 0.15) is 16.8 Å². The largest absolute Gasteiger partial charge is 0.496 e. The smallest absolute Gasteiger partial charge is 0.231 e. The van der Waals surface area contributed by atoms with E-state index in [4.69, 9.17) is 4.74 Å². The van der Waals surface area contributed by atoms with Crippen molar-refractivity contribution in [2.75, 3.05) is 12.0 Å². The van der Waals surface area contributed by atoms with Crippen molar-refractivity contribution < 1.29 is 9.53 Å². The van der Waals surface area contributed by atoms with E-state index < -0.39 is 0 Å². The SMILES string of the molecule is COc1cc(CC(=O)N(Cc2ccccn2)c2ccc(Br)cc2)ccc1C. The second-order valence-electron chi connectivity index (χ2n) is 6.26. The zero-order valence-electron chi connectivity index (χ0n) is 15.4. The lowest BCUT2D eigenvalue weighted by Gasteiger charge is -2.23. The van der Waals surface area contributed by atoms with Gasteiger partial charge in [-0.05, 0) is 60.5 Å². The Balaban J connectivity index is 1.87. The molecule has 2 aromatic carbocycles. The number of rotatable bonds is 6. The van der Waals surface area contributed by atoms with E-state index in [9.17, 15) is 4.79 Å². The summed E-state index contributed by atoms with van der Waals surface area (Å²) in [4.78, 5) is 19.3. The van der Waals surface area contributed by atoms with Gasteiger partial charge in [-0.25, -0.2) is 0 Å². The average molecular weight is 425 g/mol. The first-order valence-electron chi connectivity index (χ1n) is 8.66. The summed E-state index contributed by atoms with van der Waals surface area (Å²) in [5.41, 5.74) is 3.65. The van der Waals surface area contributed by atoms with E-state index in [1.165, 1.54) is 0 Å². The Kier molecular flexibility index (Phi) is 6.24. The number of amides is 1. The van der Waals surface area contributed by atoms with Gasteiger partial charge in [0.2, 0.25) is 5.91 Å². The second kappa shape index (κ2) is 8.82. The molecule has 0 fully saturated rings. The van der Waals surface area contributed by atoms with Crippen LogP contribution >= 0.6 is 15.9 Å². The van der Waals surface area contributed by atoms with Crippen molar-refractivity contribution in [1.29, 1.82) is 0 Å². The van der Waals surface area contributed by atoms with Crippen LogP contribution in [0.25, 0.3) is 0 Å². The second-order valence-corrected chi connectivity index (χ2v) is 7.17. The van der Waals surface area contributed by atoms with Gasteiger partial charge in [0.25, 0.3) is 0 Å². The molecule has 0 atom stereocenters. The van der Waals surface area contributed by atoms with Crippen molar-refractivity contribution in [2.45, 2.75) is 19.9 Å². The van der Waals surface area contributed by atoms with E-state index in [-0.39, 0.29) is 5.91 Å². The predicted molar refractivity (Wildman–Crippen MR) is 111 cm³/mol. The Morgan fingerprint density at radius 3 is 2.56 bits per heavy atom. The van der Waals surface area contributed by atoms with Gasteiger partial charge < -0.3 is 9.64 Å². The maximum Gasteiger partial charge on any atom is 0.231 e. The summed E-state index contributed by atoms with van der Waals surface area (Å²) in [6.07, 6.45) is 2.03. The molecule has 27 heavy (non-hydrogen) atoms. The number of hydrogen-bond acceptors (Lipinski definition) is 3. The number of hydrogen-bond donors (Lipinski definition) is 0. The first kappa shape index (κ1) is 19.1. The van der Waals surface area contributed by atoms with Gasteiger partial charge in [0.1, 0.15) is 5.75 Å². The van der Waals surface area contributed by atoms with Gasteiger partial charge in [-0.2, -0.15) is 0 Å². The Bertz CT molecular complexity index is 911. The van der Waals surface area contributed by atoms with Crippen LogP contribution in [-0.4, -0.2) is 18.0 Å². The first-order valence-corrected chi connectivity index (χ1v) is 9.45. The predicted octanol–water partition coefficient (Wildman–Crippen LogP) is 4.94. The van der Waals surface area contributed by atoms with E-state index in [1.54, 1.807) is 18.2 Å². The molecule has 1 aromatic heterocycles. The third-order valence-corrected chi connectivity index (χ3v) is 4.84. The molecular formula is C22H21BrN2O2. The number of nitrogens with zero attached hydrogens (tertiary/aromatic N) is 2. The topological polar surface area (TPSA) is 42.4 Å². The standard InChI is InChI=1S/C22H21BrN2O2/c1-16-6-7-17(13-21(16)27-2)14-22(26)25(15-19-5-3-4-12-24-19)20-10-8-18(23)9-11-20/h3-13H,14-15H2,1-2H3. The Morgan fingerprint density at radius 2 is 1.89 bits per heavy atom. The van der Waals surface area contributed by atoms with E-state index in [2.05, 4.69) is 20.9 Å². The molecule has 0 radical (unpaired) electrons. The summed E-state index contributed by atoms with van der Waals surface area (Å²) in [7, 11) is 1.64. The van der Waals surface area contributed by atoms with Gasteiger partial charge in [-0.1, -0.05) is 34.1 Å². The van der Waals surface area contributed by atoms with E-state index in [0.717, 1.165) is 32.7 Å². The molecule has 0 aliphatic carbocycles. The maximum absolute atomic E-state index is 13.1. The van der Waals surface area contributed by atoms with Crippen LogP contribution in [0.2, 0.25) is 0 Å². The van der Waals surface area contributed by atoms with Gasteiger partial charge >= 0.3 is 0 Å². The molecule has 0 bridgehead atoms. The highest BCUT2D eigenvalue weighted by Gasteiger charge is 2.18. The number of halogens is 1. The first-order chi connectivity index (χ1) is 13.1. The zero-order valence-corrected chi connectivity index (χ0v) is 16.9. The van der Waals surface area contributed by atoms with Gasteiger partial charge in [0.05, 0.1) is 25.8 Å². The minimum Gasteiger partial charge on any atom is -0.496 e. The lowest BCUT2D eigenvalue weighted by molar-refractivity contribution is -0.118. The van der Waals surface area contributed by atoms with Crippen molar-refractivity contribution in [3.8, 4) is 5.75 Å². The third kappa shape index (κ3) is 4.95. The highest BCUT2D eigenvalue weighted by atomic mass is 79.9.